The van der Waals surface area contributed by atoms with Gasteiger partial charge in [0.05, 0.1) is 24.2 Å². The van der Waals surface area contributed by atoms with E-state index in [-0.39, 0.29) is 6.61 Å². The van der Waals surface area contributed by atoms with Crippen LogP contribution in [0.15, 0.2) is 12.5 Å². The maximum atomic E-state index is 10.5. The van der Waals surface area contributed by atoms with Crippen LogP contribution in [0.1, 0.15) is 25.6 Å². The summed E-state index contributed by atoms with van der Waals surface area (Å²) >= 11 is 6.65. The lowest BCUT2D eigenvalue weighted by Crippen LogP contribution is -2.39. The van der Waals surface area contributed by atoms with Crippen LogP contribution in [0.5, 0.6) is 0 Å². The Hall–Kier alpha value is -1.67. The Morgan fingerprint density at radius 1 is 1.41 bits per heavy atom. The molecule has 1 aliphatic heterocycles. The van der Waals surface area contributed by atoms with Crippen LogP contribution in [0.25, 0.3) is 11.0 Å². The molecule has 0 aromatic carbocycles. The van der Waals surface area contributed by atoms with E-state index >= 15 is 0 Å². The molecule has 2 aromatic rings. The molecule has 2 unspecified atom stereocenters. The van der Waals surface area contributed by atoms with Crippen LogP contribution in [0, 0.1) is 11.5 Å². The van der Waals surface area contributed by atoms with Gasteiger partial charge in [-0.25, -0.2) is 15.4 Å². The van der Waals surface area contributed by atoms with Crippen molar-refractivity contribution in [2.75, 3.05) is 18.7 Å². The van der Waals surface area contributed by atoms with E-state index in [0.717, 1.165) is 0 Å². The number of fused-ring (bicyclic) bond motifs is 1. The van der Waals surface area contributed by atoms with Crippen LogP contribution < -0.4 is 5.48 Å². The highest BCUT2D eigenvalue weighted by atomic mass is 35.5. The quantitative estimate of drug-likeness (QED) is 0.285. The normalized spacial score (nSPS) is 27.1. The first-order valence-corrected chi connectivity index (χ1v) is 13.4. The molecular weight excluding hydrogens is 412 g/mol. The second-order valence-electron chi connectivity index (χ2n) is 8.21. The number of halogens is 1. The summed E-state index contributed by atoms with van der Waals surface area (Å²) in [5.41, 5.74) is 7.46. The van der Waals surface area contributed by atoms with Gasteiger partial charge in [0, 0.05) is 6.20 Å². The molecule has 0 aliphatic carbocycles. The van der Waals surface area contributed by atoms with Gasteiger partial charge in [0.15, 0.2) is 12.0 Å². The van der Waals surface area contributed by atoms with Crippen molar-refractivity contribution in [3.8, 4) is 11.5 Å². The SMILES string of the molecule is CCONc1ncnc2c1c(C#C[Si](C)(C)C)cn2[C@@H]1OC(CO)C(O)[C@@]1(C)Cl. The molecule has 1 saturated heterocycles. The molecule has 1 aliphatic rings. The van der Waals surface area contributed by atoms with Gasteiger partial charge >= 0.3 is 0 Å². The maximum absolute atomic E-state index is 10.5. The summed E-state index contributed by atoms with van der Waals surface area (Å²) < 4.78 is 7.64. The fraction of sp³-hybridized carbons (Fsp3) is 0.579. The van der Waals surface area contributed by atoms with Gasteiger partial charge in [-0.1, -0.05) is 25.6 Å². The third-order valence-electron chi connectivity index (χ3n) is 4.64. The van der Waals surface area contributed by atoms with E-state index in [1.165, 1.54) is 6.33 Å². The van der Waals surface area contributed by atoms with Gasteiger partial charge in [0.1, 0.15) is 37.1 Å². The molecule has 8 nitrogen and oxygen atoms in total. The summed E-state index contributed by atoms with van der Waals surface area (Å²) in [4.78, 5) is 12.9. The second kappa shape index (κ2) is 8.22. The lowest BCUT2D eigenvalue weighted by Gasteiger charge is -2.26. The molecule has 29 heavy (non-hydrogen) atoms. The van der Waals surface area contributed by atoms with E-state index in [1.54, 1.807) is 17.7 Å². The van der Waals surface area contributed by atoms with E-state index in [0.29, 0.717) is 29.0 Å². The van der Waals surface area contributed by atoms with Gasteiger partial charge in [-0.3, -0.25) is 4.84 Å². The fourth-order valence-corrected chi connectivity index (χ4v) is 4.00. The van der Waals surface area contributed by atoms with Crippen molar-refractivity contribution < 1.29 is 19.8 Å². The highest BCUT2D eigenvalue weighted by Gasteiger charge is 2.53. The first-order chi connectivity index (χ1) is 13.6. The smallest absolute Gasteiger partial charge is 0.163 e. The van der Waals surface area contributed by atoms with Crippen LogP contribution in [0.2, 0.25) is 19.6 Å². The topological polar surface area (TPSA) is 102 Å². The third-order valence-corrected chi connectivity index (χ3v) is 5.93. The first-order valence-electron chi connectivity index (χ1n) is 9.50. The van der Waals surface area contributed by atoms with E-state index in [9.17, 15) is 10.2 Å². The Labute approximate surface area is 176 Å². The number of rotatable bonds is 5. The molecule has 10 heteroatoms. The highest BCUT2D eigenvalue weighted by Crippen LogP contribution is 2.45. The van der Waals surface area contributed by atoms with Gasteiger partial charge in [-0.15, -0.1) is 17.1 Å². The molecule has 1 fully saturated rings. The van der Waals surface area contributed by atoms with E-state index in [4.69, 9.17) is 21.2 Å². The molecule has 0 bridgehead atoms. The van der Waals surface area contributed by atoms with Gasteiger partial charge in [-0.2, -0.15) is 0 Å². The van der Waals surface area contributed by atoms with Crippen molar-refractivity contribution in [3.63, 3.8) is 0 Å². The minimum atomic E-state index is -1.64. The summed E-state index contributed by atoms with van der Waals surface area (Å²) in [7, 11) is -1.64. The zero-order chi connectivity index (χ0) is 21.4. The van der Waals surface area contributed by atoms with Gasteiger partial charge < -0.3 is 19.5 Å². The predicted octanol–water partition coefficient (Wildman–Crippen LogP) is 2.27. The van der Waals surface area contributed by atoms with E-state index < -0.39 is 31.4 Å². The number of nitrogens with one attached hydrogen (secondary N) is 1. The van der Waals surface area contributed by atoms with Crippen molar-refractivity contribution in [2.45, 2.75) is 56.8 Å². The average Bonchev–Trinajstić information content (AvgIpc) is 3.13. The largest absolute Gasteiger partial charge is 0.394 e. The highest BCUT2D eigenvalue weighted by molar-refractivity contribution is 6.83. The first kappa shape index (κ1) is 22.0. The lowest BCUT2D eigenvalue weighted by molar-refractivity contribution is -0.0439. The Morgan fingerprint density at radius 3 is 2.72 bits per heavy atom. The Kier molecular flexibility index (Phi) is 6.24. The van der Waals surface area contributed by atoms with Crippen LogP contribution >= 0.6 is 11.6 Å². The molecular formula is C19H27ClN4O4Si. The number of alkyl halides is 1. The fourth-order valence-electron chi connectivity index (χ4n) is 3.19. The number of nitrogens with zero attached hydrogens (tertiary/aromatic N) is 3. The number of anilines is 1. The van der Waals surface area contributed by atoms with Crippen molar-refractivity contribution in [2.24, 2.45) is 0 Å². The minimum Gasteiger partial charge on any atom is -0.394 e. The molecule has 0 radical (unpaired) electrons. The summed E-state index contributed by atoms with van der Waals surface area (Å²) in [5, 5.41) is 20.7. The molecule has 3 rings (SSSR count). The zero-order valence-corrected chi connectivity index (χ0v) is 19.0. The van der Waals surface area contributed by atoms with Crippen LogP contribution in [0.3, 0.4) is 0 Å². The maximum Gasteiger partial charge on any atom is 0.163 e. The standard InChI is InChI=1S/C19H27ClN4O4Si/c1-6-27-23-16-14-12(7-8-29(3,4)5)9-24(17(14)22-11-21-16)18-19(2,20)15(26)13(10-25)28-18/h9,11,13,15,18,25-26H,6,10H2,1-5H3,(H,21,22,23)/t13?,15?,18-,19-/m1/s1. The summed E-state index contributed by atoms with van der Waals surface area (Å²) in [6.45, 7) is 10.1. The van der Waals surface area contributed by atoms with Crippen molar-refractivity contribution in [3.05, 3.63) is 18.1 Å². The van der Waals surface area contributed by atoms with Crippen LogP contribution in [0.4, 0.5) is 5.82 Å². The van der Waals surface area contributed by atoms with Crippen molar-refractivity contribution in [1.29, 1.82) is 0 Å². The number of aromatic nitrogens is 3. The lowest BCUT2D eigenvalue weighted by atomic mass is 10.0. The summed E-state index contributed by atoms with van der Waals surface area (Å²) in [5.74, 6) is 3.75. The van der Waals surface area contributed by atoms with Crippen molar-refractivity contribution in [1.82, 2.24) is 14.5 Å². The third kappa shape index (κ3) is 4.28. The Bertz CT molecular complexity index is 947. The number of hydrogen-bond donors (Lipinski definition) is 3. The van der Waals surface area contributed by atoms with E-state index in [2.05, 4.69) is 46.6 Å². The van der Waals surface area contributed by atoms with Crippen LogP contribution in [-0.4, -0.2) is 63.1 Å². The monoisotopic (exact) mass is 438 g/mol. The van der Waals surface area contributed by atoms with Gasteiger partial charge in [0.2, 0.25) is 0 Å². The molecule has 3 heterocycles. The van der Waals surface area contributed by atoms with Crippen molar-refractivity contribution >= 4 is 36.5 Å². The average molecular weight is 439 g/mol. The zero-order valence-electron chi connectivity index (χ0n) is 17.2. The second-order valence-corrected chi connectivity index (χ2v) is 13.8. The molecule has 158 valence electrons. The van der Waals surface area contributed by atoms with Crippen LogP contribution in [-0.2, 0) is 9.57 Å². The van der Waals surface area contributed by atoms with Gasteiger partial charge in [-0.05, 0) is 13.8 Å². The molecule has 2 aromatic heterocycles. The number of ether oxygens (including phenoxy) is 1. The molecule has 0 amide bonds. The Morgan fingerprint density at radius 2 is 2.14 bits per heavy atom. The molecule has 3 N–H and O–H groups in total. The summed E-state index contributed by atoms with van der Waals surface area (Å²) in [6.07, 6.45) is 0.629. The number of hydrogen-bond acceptors (Lipinski definition) is 7. The summed E-state index contributed by atoms with van der Waals surface area (Å²) in [6, 6.07) is 0. The number of aliphatic hydroxyl groups excluding tert-OH is 2. The molecule has 4 atom stereocenters. The molecule has 0 spiro atoms. The predicted molar refractivity (Wildman–Crippen MR) is 114 cm³/mol. The minimum absolute atomic E-state index is 0.340. The molecule has 0 saturated carbocycles. The van der Waals surface area contributed by atoms with Gasteiger partial charge in [0.25, 0.3) is 0 Å². The number of aliphatic hydroxyl groups is 2. The Balaban J connectivity index is 2.19. The van der Waals surface area contributed by atoms with E-state index in [1.807, 2.05) is 6.92 Å².